The van der Waals surface area contributed by atoms with Crippen LogP contribution in [0.25, 0.3) is 0 Å². The first-order valence-electron chi connectivity index (χ1n) is 5.68. The number of hydrogen-bond donors (Lipinski definition) is 2. The van der Waals surface area contributed by atoms with Crippen molar-refractivity contribution in [3.63, 3.8) is 0 Å². The topological polar surface area (TPSA) is 109 Å². The molecule has 2 aromatic rings. The number of benzene rings is 1. The molecule has 0 aliphatic carbocycles. The highest BCUT2D eigenvalue weighted by Crippen LogP contribution is 2.16. The maximum absolute atomic E-state index is 12.1. The number of carbonyl (C=O) groups is 1. The molecule has 2 N–H and O–H groups in total. The minimum Gasteiger partial charge on any atom is -0.481 e. The van der Waals surface area contributed by atoms with Gasteiger partial charge in [0.15, 0.2) is 0 Å². The third kappa shape index (κ3) is 4.14. The summed E-state index contributed by atoms with van der Waals surface area (Å²) in [4.78, 5) is 17.9. The van der Waals surface area contributed by atoms with E-state index in [2.05, 4.69) is 14.7 Å². The zero-order valence-electron chi connectivity index (χ0n) is 10.5. The molecule has 0 aliphatic rings. The lowest BCUT2D eigenvalue weighted by atomic mass is 10.2. The van der Waals surface area contributed by atoms with Crippen LogP contribution < -0.4 is 4.72 Å². The normalized spacial score (nSPS) is 11.1. The van der Waals surface area contributed by atoms with E-state index in [1.165, 1.54) is 30.3 Å². The summed E-state index contributed by atoms with van der Waals surface area (Å²) in [7, 11) is -3.82. The zero-order valence-corrected chi connectivity index (χ0v) is 12.1. The molecule has 0 bridgehead atoms. The van der Waals surface area contributed by atoms with Crippen molar-refractivity contribution in [1.29, 1.82) is 0 Å². The van der Waals surface area contributed by atoms with E-state index in [4.69, 9.17) is 16.7 Å². The molecule has 7 nitrogen and oxygen atoms in total. The first-order chi connectivity index (χ1) is 9.87. The van der Waals surface area contributed by atoms with Crippen molar-refractivity contribution >= 4 is 33.4 Å². The molecule has 0 spiro atoms. The SMILES string of the molecule is O=C(O)Cc1ccc(S(=O)(=O)Nc2cc(Cl)ncn2)cc1. The van der Waals surface area contributed by atoms with E-state index in [0.717, 1.165) is 6.33 Å². The second-order valence-corrected chi connectivity index (χ2v) is 6.12. The summed E-state index contributed by atoms with van der Waals surface area (Å²) in [5, 5.41) is 8.77. The Morgan fingerprint density at radius 1 is 1.24 bits per heavy atom. The molecule has 0 aliphatic heterocycles. The Kier molecular flexibility index (Phi) is 4.39. The van der Waals surface area contributed by atoms with Gasteiger partial charge in [0.2, 0.25) is 0 Å². The first-order valence-corrected chi connectivity index (χ1v) is 7.54. The van der Waals surface area contributed by atoms with Gasteiger partial charge in [-0.1, -0.05) is 23.7 Å². The molecular weight excluding hydrogens is 318 g/mol. The van der Waals surface area contributed by atoms with Crippen molar-refractivity contribution in [3.8, 4) is 0 Å². The quantitative estimate of drug-likeness (QED) is 0.806. The minimum absolute atomic E-state index is 0.00799. The number of aliphatic carboxylic acids is 1. The molecule has 110 valence electrons. The van der Waals surface area contributed by atoms with Crippen molar-refractivity contribution in [2.75, 3.05) is 4.72 Å². The second-order valence-electron chi connectivity index (χ2n) is 4.05. The Hall–Kier alpha value is -2.19. The maximum Gasteiger partial charge on any atom is 0.307 e. The van der Waals surface area contributed by atoms with Crippen LogP contribution in [0, 0.1) is 0 Å². The molecule has 0 radical (unpaired) electrons. The maximum atomic E-state index is 12.1. The molecule has 0 unspecified atom stereocenters. The number of carboxylic acid groups (broad SMARTS) is 1. The molecular formula is C12H10ClN3O4S. The fourth-order valence-electron chi connectivity index (χ4n) is 1.55. The Morgan fingerprint density at radius 2 is 1.90 bits per heavy atom. The highest BCUT2D eigenvalue weighted by atomic mass is 35.5. The highest BCUT2D eigenvalue weighted by molar-refractivity contribution is 7.92. The van der Waals surface area contributed by atoms with Crippen molar-refractivity contribution in [3.05, 3.63) is 47.4 Å². The standard InChI is InChI=1S/C12H10ClN3O4S/c13-10-6-11(15-7-14-10)16-21(19,20)9-3-1-8(2-4-9)5-12(17)18/h1-4,6-7H,5H2,(H,17,18)(H,14,15,16). The number of halogens is 1. The molecule has 0 fully saturated rings. The van der Waals surface area contributed by atoms with Crippen molar-refractivity contribution in [2.24, 2.45) is 0 Å². The van der Waals surface area contributed by atoms with Gasteiger partial charge in [0.1, 0.15) is 17.3 Å². The van der Waals surface area contributed by atoms with Gasteiger partial charge in [-0.25, -0.2) is 18.4 Å². The van der Waals surface area contributed by atoms with Crippen molar-refractivity contribution in [1.82, 2.24) is 9.97 Å². The van der Waals surface area contributed by atoms with Gasteiger partial charge in [-0.05, 0) is 17.7 Å². The summed E-state index contributed by atoms with van der Waals surface area (Å²) in [6, 6.07) is 6.80. The number of nitrogens with one attached hydrogen (secondary N) is 1. The van der Waals surface area contributed by atoms with Crippen LogP contribution in [0.3, 0.4) is 0 Å². The number of hydrogen-bond acceptors (Lipinski definition) is 5. The fraction of sp³-hybridized carbons (Fsp3) is 0.0833. The Balaban J connectivity index is 2.21. The Morgan fingerprint density at radius 3 is 2.48 bits per heavy atom. The van der Waals surface area contributed by atoms with Gasteiger partial charge in [-0.2, -0.15) is 0 Å². The molecule has 21 heavy (non-hydrogen) atoms. The van der Waals surface area contributed by atoms with Crippen LogP contribution in [0.5, 0.6) is 0 Å². The van der Waals surface area contributed by atoms with Crippen LogP contribution in [-0.2, 0) is 21.2 Å². The predicted octanol–water partition coefficient (Wildman–Crippen LogP) is 1.56. The van der Waals surface area contributed by atoms with Crippen molar-refractivity contribution in [2.45, 2.75) is 11.3 Å². The van der Waals surface area contributed by atoms with Gasteiger partial charge < -0.3 is 5.11 Å². The largest absolute Gasteiger partial charge is 0.481 e. The van der Waals surface area contributed by atoms with E-state index in [1.54, 1.807) is 0 Å². The first kappa shape index (κ1) is 15.2. The monoisotopic (exact) mass is 327 g/mol. The number of carboxylic acids is 1. The van der Waals surface area contributed by atoms with Crippen LogP contribution in [0.2, 0.25) is 5.15 Å². The average molecular weight is 328 g/mol. The smallest absolute Gasteiger partial charge is 0.307 e. The van der Waals surface area contributed by atoms with Crippen LogP contribution in [-0.4, -0.2) is 29.5 Å². The van der Waals surface area contributed by atoms with E-state index in [0.29, 0.717) is 5.56 Å². The van der Waals surface area contributed by atoms with E-state index >= 15 is 0 Å². The molecule has 1 heterocycles. The highest BCUT2D eigenvalue weighted by Gasteiger charge is 2.15. The Labute approximate surface area is 125 Å². The lowest BCUT2D eigenvalue weighted by Crippen LogP contribution is -2.14. The summed E-state index contributed by atoms with van der Waals surface area (Å²) in [6.45, 7) is 0. The lowest BCUT2D eigenvalue weighted by molar-refractivity contribution is -0.136. The summed E-state index contributed by atoms with van der Waals surface area (Å²) in [5.74, 6) is -0.941. The third-order valence-corrected chi connectivity index (χ3v) is 4.04. The van der Waals surface area contributed by atoms with Crippen LogP contribution in [0.15, 0.2) is 41.6 Å². The number of sulfonamides is 1. The zero-order chi connectivity index (χ0) is 15.5. The molecule has 9 heteroatoms. The molecule has 0 saturated carbocycles. The third-order valence-electron chi connectivity index (χ3n) is 2.46. The number of nitrogens with zero attached hydrogens (tertiary/aromatic N) is 2. The number of aromatic nitrogens is 2. The molecule has 1 aromatic heterocycles. The number of rotatable bonds is 5. The average Bonchev–Trinajstić information content (AvgIpc) is 2.38. The van der Waals surface area contributed by atoms with Crippen LogP contribution in [0.1, 0.15) is 5.56 Å². The fourth-order valence-corrected chi connectivity index (χ4v) is 2.69. The summed E-state index contributed by atoms with van der Waals surface area (Å²) >= 11 is 5.65. The van der Waals surface area contributed by atoms with E-state index < -0.39 is 16.0 Å². The van der Waals surface area contributed by atoms with Gasteiger partial charge in [-0.15, -0.1) is 0 Å². The summed E-state index contributed by atoms with van der Waals surface area (Å²) < 4.78 is 26.5. The van der Waals surface area contributed by atoms with Crippen LogP contribution >= 0.6 is 11.6 Å². The molecule has 1 aromatic carbocycles. The van der Waals surface area contributed by atoms with E-state index in [9.17, 15) is 13.2 Å². The van der Waals surface area contributed by atoms with E-state index in [1.807, 2.05) is 0 Å². The molecule has 2 rings (SSSR count). The van der Waals surface area contributed by atoms with Crippen LogP contribution in [0.4, 0.5) is 5.82 Å². The lowest BCUT2D eigenvalue weighted by Gasteiger charge is -2.07. The summed E-state index contributed by atoms with van der Waals surface area (Å²) in [6.07, 6.45) is 0.964. The summed E-state index contributed by atoms with van der Waals surface area (Å²) in [5.41, 5.74) is 0.506. The second kappa shape index (κ2) is 6.06. The molecule has 0 saturated heterocycles. The van der Waals surface area contributed by atoms with Gasteiger partial charge in [0.25, 0.3) is 10.0 Å². The number of anilines is 1. The predicted molar refractivity (Wildman–Crippen MR) is 75.6 cm³/mol. The Bertz CT molecular complexity index is 762. The van der Waals surface area contributed by atoms with E-state index in [-0.39, 0.29) is 22.3 Å². The van der Waals surface area contributed by atoms with Crippen molar-refractivity contribution < 1.29 is 18.3 Å². The van der Waals surface area contributed by atoms with Gasteiger partial charge >= 0.3 is 5.97 Å². The minimum atomic E-state index is -3.82. The van der Waals surface area contributed by atoms with Gasteiger partial charge in [-0.3, -0.25) is 9.52 Å². The molecule has 0 atom stereocenters. The van der Waals surface area contributed by atoms with Gasteiger partial charge in [0, 0.05) is 6.07 Å². The van der Waals surface area contributed by atoms with Gasteiger partial charge in [0.05, 0.1) is 11.3 Å². The molecule has 0 amide bonds.